The lowest BCUT2D eigenvalue weighted by molar-refractivity contribution is -0.123. The van der Waals surface area contributed by atoms with Crippen LogP contribution in [-0.2, 0) is 16.1 Å². The molecule has 0 unspecified atom stereocenters. The molecule has 5 nitrogen and oxygen atoms in total. The Morgan fingerprint density at radius 1 is 1.25 bits per heavy atom. The van der Waals surface area contributed by atoms with Crippen molar-refractivity contribution in [1.29, 1.82) is 0 Å². The molecule has 1 aromatic rings. The van der Waals surface area contributed by atoms with E-state index in [9.17, 15) is 9.59 Å². The molecule has 1 atom stereocenters. The van der Waals surface area contributed by atoms with Crippen molar-refractivity contribution in [2.75, 3.05) is 11.9 Å². The zero-order chi connectivity index (χ0) is 14.4. The maximum atomic E-state index is 12.0. The maximum absolute atomic E-state index is 12.0. The van der Waals surface area contributed by atoms with Crippen molar-refractivity contribution < 1.29 is 9.59 Å². The van der Waals surface area contributed by atoms with Gasteiger partial charge in [0.25, 0.3) is 0 Å². The van der Waals surface area contributed by atoms with E-state index < -0.39 is 0 Å². The van der Waals surface area contributed by atoms with Gasteiger partial charge in [-0.1, -0.05) is 18.6 Å². The van der Waals surface area contributed by atoms with E-state index in [1.54, 1.807) is 0 Å². The summed E-state index contributed by atoms with van der Waals surface area (Å²) in [6, 6.07) is 7.42. The molecule has 0 radical (unpaired) electrons. The summed E-state index contributed by atoms with van der Waals surface area (Å²) in [7, 11) is 0. The van der Waals surface area contributed by atoms with Crippen LogP contribution in [0.25, 0.3) is 0 Å². The van der Waals surface area contributed by atoms with E-state index in [1.165, 1.54) is 6.92 Å². The first kappa shape index (κ1) is 14.5. The van der Waals surface area contributed by atoms with Gasteiger partial charge < -0.3 is 16.0 Å². The van der Waals surface area contributed by atoms with E-state index in [0.717, 1.165) is 37.1 Å². The van der Waals surface area contributed by atoms with Gasteiger partial charge in [-0.25, -0.2) is 0 Å². The lowest BCUT2D eigenvalue weighted by atomic mass is 10.0. The van der Waals surface area contributed by atoms with E-state index >= 15 is 0 Å². The van der Waals surface area contributed by atoms with Crippen LogP contribution in [0.2, 0.25) is 0 Å². The van der Waals surface area contributed by atoms with Gasteiger partial charge in [0.05, 0.1) is 6.04 Å². The van der Waals surface area contributed by atoms with Crippen LogP contribution in [0, 0.1) is 0 Å². The van der Waals surface area contributed by atoms with Crippen molar-refractivity contribution in [3.8, 4) is 0 Å². The molecule has 1 aliphatic heterocycles. The summed E-state index contributed by atoms with van der Waals surface area (Å²) >= 11 is 0. The molecule has 0 aliphatic carbocycles. The summed E-state index contributed by atoms with van der Waals surface area (Å²) in [6.45, 7) is 2.91. The third-order valence-electron chi connectivity index (χ3n) is 3.37. The number of rotatable bonds is 4. The number of piperidine rings is 1. The Bertz CT molecular complexity index is 465. The summed E-state index contributed by atoms with van der Waals surface area (Å²) in [5.41, 5.74) is 1.78. The van der Waals surface area contributed by atoms with Gasteiger partial charge in [-0.15, -0.1) is 0 Å². The Kier molecular flexibility index (Phi) is 5.12. The Morgan fingerprint density at radius 3 is 2.60 bits per heavy atom. The van der Waals surface area contributed by atoms with Crippen LogP contribution in [-0.4, -0.2) is 24.4 Å². The Morgan fingerprint density at radius 2 is 2.00 bits per heavy atom. The minimum absolute atomic E-state index is 0.0533. The van der Waals surface area contributed by atoms with Gasteiger partial charge in [-0.2, -0.15) is 0 Å². The summed E-state index contributed by atoms with van der Waals surface area (Å²) < 4.78 is 0. The zero-order valence-corrected chi connectivity index (χ0v) is 11.7. The Labute approximate surface area is 119 Å². The molecule has 0 saturated carbocycles. The molecule has 108 valence electrons. The van der Waals surface area contributed by atoms with Crippen LogP contribution >= 0.6 is 0 Å². The van der Waals surface area contributed by atoms with Gasteiger partial charge in [0.2, 0.25) is 11.8 Å². The first-order valence-electron chi connectivity index (χ1n) is 7.03. The normalized spacial score (nSPS) is 18.4. The molecule has 3 N–H and O–H groups in total. The van der Waals surface area contributed by atoms with Crippen molar-refractivity contribution >= 4 is 17.5 Å². The molecule has 0 aromatic heterocycles. The first-order chi connectivity index (χ1) is 9.65. The lowest BCUT2D eigenvalue weighted by Gasteiger charge is -2.22. The summed E-state index contributed by atoms with van der Waals surface area (Å²) in [6.07, 6.45) is 3.16. The second-order valence-electron chi connectivity index (χ2n) is 5.10. The van der Waals surface area contributed by atoms with Crippen molar-refractivity contribution in [1.82, 2.24) is 10.6 Å². The highest BCUT2D eigenvalue weighted by atomic mass is 16.2. The number of carbonyl (C=O) groups excluding carboxylic acids is 2. The average Bonchev–Trinajstić information content (AvgIpc) is 2.46. The molecule has 0 spiro atoms. The van der Waals surface area contributed by atoms with Crippen LogP contribution in [0.1, 0.15) is 31.7 Å². The smallest absolute Gasteiger partial charge is 0.237 e. The van der Waals surface area contributed by atoms with Gasteiger partial charge in [-0.3, -0.25) is 9.59 Å². The SMILES string of the molecule is CC(=O)Nc1ccc(CNC(=O)[C@H]2CCCCN2)cc1. The lowest BCUT2D eigenvalue weighted by Crippen LogP contribution is -2.46. The Balaban J connectivity index is 1.81. The number of nitrogens with one attached hydrogen (secondary N) is 3. The molecule has 20 heavy (non-hydrogen) atoms. The second kappa shape index (κ2) is 7.05. The standard InChI is InChI=1S/C15H21N3O2/c1-11(19)18-13-7-5-12(6-8-13)10-17-15(20)14-4-2-3-9-16-14/h5-8,14,16H,2-4,9-10H2,1H3,(H,17,20)(H,18,19)/t14-/m1/s1. The van der Waals surface area contributed by atoms with Crippen molar-refractivity contribution in [2.45, 2.75) is 38.8 Å². The van der Waals surface area contributed by atoms with Gasteiger partial charge in [0.1, 0.15) is 0 Å². The molecule has 1 saturated heterocycles. The van der Waals surface area contributed by atoms with Gasteiger partial charge in [0.15, 0.2) is 0 Å². The molecule has 1 aromatic carbocycles. The van der Waals surface area contributed by atoms with Crippen LogP contribution in [0.15, 0.2) is 24.3 Å². The molecule has 1 fully saturated rings. The number of benzene rings is 1. The molecule has 0 bridgehead atoms. The van der Waals surface area contributed by atoms with Crippen molar-refractivity contribution in [3.05, 3.63) is 29.8 Å². The largest absolute Gasteiger partial charge is 0.351 e. The van der Waals surface area contributed by atoms with Crippen molar-refractivity contribution in [3.63, 3.8) is 0 Å². The van der Waals surface area contributed by atoms with E-state index in [0.29, 0.717) is 6.54 Å². The second-order valence-corrected chi connectivity index (χ2v) is 5.10. The molecular formula is C15H21N3O2. The zero-order valence-electron chi connectivity index (χ0n) is 11.7. The van der Waals surface area contributed by atoms with Crippen molar-refractivity contribution in [2.24, 2.45) is 0 Å². The van der Waals surface area contributed by atoms with Gasteiger partial charge in [-0.05, 0) is 37.1 Å². The number of amides is 2. The summed E-state index contributed by atoms with van der Waals surface area (Å²) in [4.78, 5) is 22.9. The molecular weight excluding hydrogens is 254 g/mol. The fraction of sp³-hybridized carbons (Fsp3) is 0.467. The van der Waals surface area contributed by atoms with Crippen LogP contribution in [0.4, 0.5) is 5.69 Å². The van der Waals surface area contributed by atoms with E-state index in [1.807, 2.05) is 24.3 Å². The predicted octanol–water partition coefficient (Wildman–Crippen LogP) is 1.40. The quantitative estimate of drug-likeness (QED) is 0.778. The molecule has 5 heteroatoms. The van der Waals surface area contributed by atoms with Crippen LogP contribution < -0.4 is 16.0 Å². The molecule has 2 rings (SSSR count). The fourth-order valence-electron chi connectivity index (χ4n) is 2.30. The minimum Gasteiger partial charge on any atom is -0.351 e. The highest BCUT2D eigenvalue weighted by Gasteiger charge is 2.19. The average molecular weight is 275 g/mol. The minimum atomic E-state index is -0.0885. The topological polar surface area (TPSA) is 70.2 Å². The van der Waals surface area contributed by atoms with E-state index in [-0.39, 0.29) is 17.9 Å². The fourth-order valence-corrected chi connectivity index (χ4v) is 2.30. The number of anilines is 1. The van der Waals surface area contributed by atoms with Crippen LogP contribution in [0.3, 0.4) is 0 Å². The van der Waals surface area contributed by atoms with E-state index in [2.05, 4.69) is 16.0 Å². The first-order valence-corrected chi connectivity index (χ1v) is 7.03. The monoisotopic (exact) mass is 275 g/mol. The summed E-state index contributed by atoms with van der Waals surface area (Å²) in [5.74, 6) is -0.0231. The predicted molar refractivity (Wildman–Crippen MR) is 78.2 cm³/mol. The van der Waals surface area contributed by atoms with Crippen LogP contribution in [0.5, 0.6) is 0 Å². The maximum Gasteiger partial charge on any atom is 0.237 e. The molecule has 2 amide bonds. The number of hydrogen-bond acceptors (Lipinski definition) is 3. The van der Waals surface area contributed by atoms with E-state index in [4.69, 9.17) is 0 Å². The number of hydrogen-bond donors (Lipinski definition) is 3. The third-order valence-corrected chi connectivity index (χ3v) is 3.37. The highest BCUT2D eigenvalue weighted by Crippen LogP contribution is 2.10. The summed E-state index contributed by atoms with van der Waals surface area (Å²) in [5, 5.41) is 8.88. The highest BCUT2D eigenvalue weighted by molar-refractivity contribution is 5.88. The third kappa shape index (κ3) is 4.35. The number of carbonyl (C=O) groups is 2. The van der Waals surface area contributed by atoms with Gasteiger partial charge >= 0.3 is 0 Å². The molecule has 1 heterocycles. The molecule has 1 aliphatic rings. The van der Waals surface area contributed by atoms with Gasteiger partial charge in [0, 0.05) is 19.2 Å². The Hall–Kier alpha value is -1.88.